The Hall–Kier alpha value is -1.48. The normalized spacial score (nSPS) is 18.5. The number of benzene rings is 1. The zero-order chi connectivity index (χ0) is 16.5. The smallest absolute Gasteiger partial charge is 0.486 e. The highest BCUT2D eigenvalue weighted by molar-refractivity contribution is 7.92. The molecule has 0 saturated carbocycles. The van der Waals surface area contributed by atoms with Gasteiger partial charge in [0.15, 0.2) is 11.5 Å². The number of sulfone groups is 1. The Kier molecular flexibility index (Phi) is 4.57. The van der Waals surface area contributed by atoms with E-state index in [0.717, 1.165) is 12.1 Å². The Labute approximate surface area is 126 Å². The number of fused-ring (bicyclic) bond motifs is 1. The molecule has 1 heterocycles. The Morgan fingerprint density at radius 2 is 2.00 bits per heavy atom. The zero-order valence-electron chi connectivity index (χ0n) is 12.0. The first-order chi connectivity index (χ1) is 10.1. The van der Waals surface area contributed by atoms with Gasteiger partial charge in [-0.1, -0.05) is 13.8 Å². The molecule has 22 heavy (non-hydrogen) atoms. The molecule has 1 N–H and O–H groups in total. The summed E-state index contributed by atoms with van der Waals surface area (Å²) in [5, 5.41) is 3.11. The minimum Gasteiger partial charge on any atom is -0.486 e. The second-order valence-electron chi connectivity index (χ2n) is 5.17. The van der Waals surface area contributed by atoms with Gasteiger partial charge < -0.3 is 14.8 Å². The summed E-state index contributed by atoms with van der Waals surface area (Å²) in [5.41, 5.74) is -5.35. The maximum absolute atomic E-state index is 12.6. The highest BCUT2D eigenvalue weighted by Gasteiger charge is 2.47. The van der Waals surface area contributed by atoms with Gasteiger partial charge in [-0.25, -0.2) is 8.42 Å². The molecule has 0 aliphatic carbocycles. The van der Waals surface area contributed by atoms with Crippen LogP contribution in [-0.2, 0) is 9.84 Å². The van der Waals surface area contributed by atoms with Crippen molar-refractivity contribution in [3.8, 4) is 11.5 Å². The maximum atomic E-state index is 12.6. The third kappa shape index (κ3) is 3.46. The predicted molar refractivity (Wildman–Crippen MR) is 72.7 cm³/mol. The molecule has 2 rings (SSSR count). The predicted octanol–water partition coefficient (Wildman–Crippen LogP) is 2.12. The maximum Gasteiger partial charge on any atom is 0.501 e. The highest BCUT2D eigenvalue weighted by Crippen LogP contribution is 2.37. The van der Waals surface area contributed by atoms with Crippen molar-refractivity contribution < 1.29 is 31.1 Å². The molecule has 9 heteroatoms. The zero-order valence-corrected chi connectivity index (χ0v) is 12.8. The molecule has 0 unspecified atom stereocenters. The van der Waals surface area contributed by atoms with Crippen LogP contribution in [0.25, 0.3) is 0 Å². The average molecular weight is 339 g/mol. The molecule has 0 aromatic heterocycles. The van der Waals surface area contributed by atoms with Crippen molar-refractivity contribution >= 4 is 9.84 Å². The fraction of sp³-hybridized carbons (Fsp3) is 0.538. The third-order valence-electron chi connectivity index (χ3n) is 3.00. The van der Waals surface area contributed by atoms with Crippen LogP contribution in [-0.4, -0.2) is 39.2 Å². The third-order valence-corrected chi connectivity index (χ3v) is 4.49. The molecular formula is C13H16F3NO4S. The van der Waals surface area contributed by atoms with Gasteiger partial charge in [0, 0.05) is 18.7 Å². The van der Waals surface area contributed by atoms with Crippen LogP contribution in [0.3, 0.4) is 0 Å². The summed E-state index contributed by atoms with van der Waals surface area (Å²) >= 11 is 0. The summed E-state index contributed by atoms with van der Waals surface area (Å²) in [6.07, 6.45) is -0.404. The lowest BCUT2D eigenvalue weighted by Crippen LogP contribution is -2.40. The molecule has 1 aromatic rings. The highest BCUT2D eigenvalue weighted by atomic mass is 32.2. The van der Waals surface area contributed by atoms with Gasteiger partial charge >= 0.3 is 5.51 Å². The molecular weight excluding hydrogens is 323 g/mol. The summed E-state index contributed by atoms with van der Waals surface area (Å²) in [6.45, 7) is 4.54. The number of ether oxygens (including phenoxy) is 2. The SMILES string of the molecule is CC(C)NC[C@H]1COc2ccc(S(=O)(=O)C(F)(F)F)cc2O1. The largest absolute Gasteiger partial charge is 0.501 e. The number of hydrogen-bond donors (Lipinski definition) is 1. The second kappa shape index (κ2) is 5.96. The van der Waals surface area contributed by atoms with E-state index < -0.39 is 26.3 Å². The standard InChI is InChI=1S/C13H16F3NO4S/c1-8(2)17-6-9-7-20-11-4-3-10(5-12(11)21-9)22(18,19)13(14,15)16/h3-5,8-9,17H,6-7H2,1-2H3/t9-/m0/s1. The van der Waals surface area contributed by atoms with E-state index >= 15 is 0 Å². The molecule has 1 aliphatic rings. The molecule has 1 aromatic carbocycles. The van der Waals surface area contributed by atoms with Gasteiger partial charge in [0.2, 0.25) is 0 Å². The summed E-state index contributed by atoms with van der Waals surface area (Å²) in [7, 11) is -5.40. The molecule has 0 radical (unpaired) electrons. The fourth-order valence-electron chi connectivity index (χ4n) is 1.86. The molecule has 1 aliphatic heterocycles. The van der Waals surface area contributed by atoms with E-state index in [9.17, 15) is 21.6 Å². The summed E-state index contributed by atoms with van der Waals surface area (Å²) in [6, 6.07) is 3.08. The number of halogens is 3. The van der Waals surface area contributed by atoms with Crippen LogP contribution >= 0.6 is 0 Å². The van der Waals surface area contributed by atoms with Crippen LogP contribution < -0.4 is 14.8 Å². The van der Waals surface area contributed by atoms with Crippen LogP contribution in [0.4, 0.5) is 13.2 Å². The molecule has 124 valence electrons. The van der Waals surface area contributed by atoms with Gasteiger partial charge in [-0.3, -0.25) is 0 Å². The van der Waals surface area contributed by atoms with Gasteiger partial charge in [0.1, 0.15) is 12.7 Å². The average Bonchev–Trinajstić information content (AvgIpc) is 2.43. The Balaban J connectivity index is 2.23. The lowest BCUT2D eigenvalue weighted by atomic mass is 10.2. The van der Waals surface area contributed by atoms with E-state index in [1.54, 1.807) is 0 Å². The quantitative estimate of drug-likeness (QED) is 0.910. The van der Waals surface area contributed by atoms with Gasteiger partial charge in [-0.05, 0) is 12.1 Å². The van der Waals surface area contributed by atoms with E-state index in [4.69, 9.17) is 9.47 Å². The minimum absolute atomic E-state index is 0.00729. The van der Waals surface area contributed by atoms with Crippen molar-refractivity contribution in [2.45, 2.75) is 36.4 Å². The molecule has 0 fully saturated rings. The van der Waals surface area contributed by atoms with Crippen molar-refractivity contribution in [2.75, 3.05) is 13.2 Å². The van der Waals surface area contributed by atoms with E-state index in [1.807, 2.05) is 13.8 Å². The fourth-order valence-corrected chi connectivity index (χ4v) is 2.64. The Morgan fingerprint density at radius 3 is 2.59 bits per heavy atom. The lowest BCUT2D eigenvalue weighted by molar-refractivity contribution is -0.0436. The van der Waals surface area contributed by atoms with E-state index in [-0.39, 0.29) is 24.1 Å². The van der Waals surface area contributed by atoms with E-state index in [0.29, 0.717) is 6.54 Å². The molecule has 0 saturated heterocycles. The van der Waals surface area contributed by atoms with Crippen molar-refractivity contribution in [1.82, 2.24) is 5.32 Å². The first-order valence-corrected chi connectivity index (χ1v) is 8.08. The molecule has 0 bridgehead atoms. The van der Waals surface area contributed by atoms with Crippen LogP contribution in [0.5, 0.6) is 11.5 Å². The number of alkyl halides is 3. The van der Waals surface area contributed by atoms with Crippen molar-refractivity contribution in [1.29, 1.82) is 0 Å². The van der Waals surface area contributed by atoms with Crippen LogP contribution in [0.15, 0.2) is 23.1 Å². The van der Waals surface area contributed by atoms with Crippen molar-refractivity contribution in [3.63, 3.8) is 0 Å². The molecule has 0 amide bonds. The van der Waals surface area contributed by atoms with Gasteiger partial charge in [0.25, 0.3) is 9.84 Å². The van der Waals surface area contributed by atoms with Gasteiger partial charge in [-0.15, -0.1) is 0 Å². The van der Waals surface area contributed by atoms with Crippen LogP contribution in [0.1, 0.15) is 13.8 Å². The van der Waals surface area contributed by atoms with E-state index in [1.165, 1.54) is 6.07 Å². The van der Waals surface area contributed by atoms with Crippen molar-refractivity contribution in [2.24, 2.45) is 0 Å². The number of rotatable bonds is 4. The van der Waals surface area contributed by atoms with Crippen LogP contribution in [0, 0.1) is 0 Å². The second-order valence-corrected chi connectivity index (χ2v) is 7.11. The van der Waals surface area contributed by atoms with Gasteiger partial charge in [0.05, 0.1) is 4.90 Å². The Morgan fingerprint density at radius 1 is 1.32 bits per heavy atom. The van der Waals surface area contributed by atoms with Gasteiger partial charge in [-0.2, -0.15) is 13.2 Å². The molecule has 0 spiro atoms. The topological polar surface area (TPSA) is 64.6 Å². The summed E-state index contributed by atoms with van der Waals surface area (Å²) in [4.78, 5) is -0.861. The van der Waals surface area contributed by atoms with Crippen LogP contribution in [0.2, 0.25) is 0 Å². The van der Waals surface area contributed by atoms with Crippen molar-refractivity contribution in [3.05, 3.63) is 18.2 Å². The Bertz CT molecular complexity index is 643. The minimum atomic E-state index is -5.40. The summed E-state index contributed by atoms with van der Waals surface area (Å²) in [5.74, 6) is 0.217. The first kappa shape index (κ1) is 16.9. The summed E-state index contributed by atoms with van der Waals surface area (Å²) < 4.78 is 71.4. The first-order valence-electron chi connectivity index (χ1n) is 6.59. The number of hydrogen-bond acceptors (Lipinski definition) is 5. The molecule has 1 atom stereocenters. The molecule has 5 nitrogen and oxygen atoms in total. The number of nitrogens with one attached hydrogen (secondary N) is 1. The van der Waals surface area contributed by atoms with E-state index in [2.05, 4.69) is 5.32 Å². The lowest BCUT2D eigenvalue weighted by Gasteiger charge is -2.27. The monoisotopic (exact) mass is 339 g/mol.